The molecule has 0 aromatic heterocycles. The third kappa shape index (κ3) is 4.99. The fourth-order valence-electron chi connectivity index (χ4n) is 2.45. The Bertz CT molecular complexity index is 819. The molecular weight excluding hydrogens is 354 g/mol. The van der Waals surface area contributed by atoms with Crippen molar-refractivity contribution in [3.8, 4) is 5.75 Å². The number of carbonyl (C=O) groups is 2. The molecule has 5 nitrogen and oxygen atoms in total. The molecule has 1 unspecified atom stereocenters. The molecule has 2 rings (SSSR count). The van der Waals surface area contributed by atoms with E-state index in [0.29, 0.717) is 10.8 Å². The van der Waals surface area contributed by atoms with E-state index in [4.69, 9.17) is 21.1 Å². The molecule has 1 amide bonds. The van der Waals surface area contributed by atoms with E-state index in [0.717, 1.165) is 11.1 Å². The van der Waals surface area contributed by atoms with E-state index in [9.17, 15) is 9.59 Å². The van der Waals surface area contributed by atoms with E-state index >= 15 is 0 Å². The minimum absolute atomic E-state index is 0.176. The molecule has 0 spiro atoms. The van der Waals surface area contributed by atoms with Crippen LogP contribution in [-0.4, -0.2) is 25.6 Å². The van der Waals surface area contributed by atoms with E-state index in [-0.39, 0.29) is 24.1 Å². The fraction of sp³-hybridized carbons (Fsp3) is 0.300. The number of methoxy groups -OCH3 is 1. The highest BCUT2D eigenvalue weighted by molar-refractivity contribution is 6.31. The molecule has 26 heavy (non-hydrogen) atoms. The van der Waals surface area contributed by atoms with Crippen LogP contribution in [0.3, 0.4) is 0 Å². The lowest BCUT2D eigenvalue weighted by Crippen LogP contribution is -2.31. The summed E-state index contributed by atoms with van der Waals surface area (Å²) in [6, 6.07) is 10.4. The zero-order chi connectivity index (χ0) is 19.3. The van der Waals surface area contributed by atoms with Crippen LogP contribution in [0.1, 0.15) is 40.0 Å². The third-order valence-electron chi connectivity index (χ3n) is 4.12. The average molecular weight is 376 g/mol. The lowest BCUT2D eigenvalue weighted by atomic mass is 10.0. The van der Waals surface area contributed by atoms with Crippen LogP contribution in [0, 0.1) is 13.8 Å². The standard InChI is InChI=1S/C20H22ClNO4/c1-12-5-6-15(9-13(12)2)14(3)22-19(23)11-26-20(24)17-10-16(21)7-8-18(17)25-4/h5-10,14H,11H2,1-4H3,(H,22,23). The molecule has 0 saturated heterocycles. The second-order valence-corrected chi connectivity index (χ2v) is 6.49. The SMILES string of the molecule is COc1ccc(Cl)cc1C(=O)OCC(=O)NC(C)c1ccc(C)c(C)c1. The van der Waals surface area contributed by atoms with Gasteiger partial charge in [-0.25, -0.2) is 4.79 Å². The maximum Gasteiger partial charge on any atom is 0.342 e. The van der Waals surface area contributed by atoms with Crippen molar-refractivity contribution in [1.82, 2.24) is 5.32 Å². The zero-order valence-corrected chi connectivity index (χ0v) is 16.0. The largest absolute Gasteiger partial charge is 0.496 e. The molecule has 0 fully saturated rings. The van der Waals surface area contributed by atoms with Gasteiger partial charge in [0, 0.05) is 5.02 Å². The summed E-state index contributed by atoms with van der Waals surface area (Å²) in [4.78, 5) is 24.3. The highest BCUT2D eigenvalue weighted by Gasteiger charge is 2.17. The Hall–Kier alpha value is -2.53. The van der Waals surface area contributed by atoms with E-state index in [1.807, 2.05) is 39.0 Å². The molecule has 0 aliphatic carbocycles. The zero-order valence-electron chi connectivity index (χ0n) is 15.3. The summed E-state index contributed by atoms with van der Waals surface area (Å²) in [5.74, 6) is -0.716. The van der Waals surface area contributed by atoms with Crippen molar-refractivity contribution in [2.75, 3.05) is 13.7 Å². The van der Waals surface area contributed by atoms with Gasteiger partial charge in [-0.3, -0.25) is 4.79 Å². The van der Waals surface area contributed by atoms with Gasteiger partial charge in [0.25, 0.3) is 5.91 Å². The fourth-order valence-corrected chi connectivity index (χ4v) is 2.62. The van der Waals surface area contributed by atoms with Gasteiger partial charge in [-0.2, -0.15) is 0 Å². The van der Waals surface area contributed by atoms with Crippen molar-refractivity contribution >= 4 is 23.5 Å². The van der Waals surface area contributed by atoms with Gasteiger partial charge in [0.1, 0.15) is 11.3 Å². The first-order valence-electron chi connectivity index (χ1n) is 8.19. The van der Waals surface area contributed by atoms with Crippen LogP contribution in [-0.2, 0) is 9.53 Å². The molecule has 138 valence electrons. The number of hydrogen-bond acceptors (Lipinski definition) is 4. The van der Waals surface area contributed by atoms with Gasteiger partial charge in [0.05, 0.1) is 13.2 Å². The van der Waals surface area contributed by atoms with Crippen molar-refractivity contribution in [1.29, 1.82) is 0 Å². The van der Waals surface area contributed by atoms with Crippen LogP contribution < -0.4 is 10.1 Å². The summed E-state index contributed by atoms with van der Waals surface area (Å²) < 4.78 is 10.2. The van der Waals surface area contributed by atoms with E-state index in [1.54, 1.807) is 12.1 Å². The second kappa shape index (κ2) is 8.72. The monoisotopic (exact) mass is 375 g/mol. The maximum atomic E-state index is 12.2. The number of hydrogen-bond donors (Lipinski definition) is 1. The summed E-state index contributed by atoms with van der Waals surface area (Å²) in [7, 11) is 1.44. The lowest BCUT2D eigenvalue weighted by Gasteiger charge is -2.16. The number of amides is 1. The number of rotatable bonds is 6. The van der Waals surface area contributed by atoms with Crippen molar-refractivity contribution in [3.63, 3.8) is 0 Å². The van der Waals surface area contributed by atoms with Gasteiger partial charge < -0.3 is 14.8 Å². The first-order chi connectivity index (χ1) is 12.3. The second-order valence-electron chi connectivity index (χ2n) is 6.05. The quantitative estimate of drug-likeness (QED) is 0.775. The predicted molar refractivity (Wildman–Crippen MR) is 101 cm³/mol. The van der Waals surface area contributed by atoms with Crippen LogP contribution in [0.2, 0.25) is 5.02 Å². The van der Waals surface area contributed by atoms with Crippen LogP contribution in [0.25, 0.3) is 0 Å². The first kappa shape index (κ1) is 19.8. The number of nitrogens with one attached hydrogen (secondary N) is 1. The number of aryl methyl sites for hydroxylation is 2. The third-order valence-corrected chi connectivity index (χ3v) is 4.36. The number of esters is 1. The molecule has 1 atom stereocenters. The van der Waals surface area contributed by atoms with Gasteiger partial charge in [0.2, 0.25) is 0 Å². The summed E-state index contributed by atoms with van der Waals surface area (Å²) in [5.41, 5.74) is 3.51. The van der Waals surface area contributed by atoms with Crippen LogP contribution in [0.15, 0.2) is 36.4 Å². The van der Waals surface area contributed by atoms with E-state index in [1.165, 1.54) is 18.7 Å². The molecule has 0 heterocycles. The van der Waals surface area contributed by atoms with Crippen LogP contribution in [0.5, 0.6) is 5.75 Å². The lowest BCUT2D eigenvalue weighted by molar-refractivity contribution is -0.124. The Labute approximate surface area is 158 Å². The molecule has 0 radical (unpaired) electrons. The molecule has 1 N–H and O–H groups in total. The minimum atomic E-state index is -0.668. The molecule has 0 aliphatic rings. The summed E-state index contributed by atoms with van der Waals surface area (Å²) in [6.07, 6.45) is 0. The normalized spacial score (nSPS) is 11.6. The van der Waals surface area contributed by atoms with Gasteiger partial charge >= 0.3 is 5.97 Å². The summed E-state index contributed by atoms with van der Waals surface area (Å²) >= 11 is 5.90. The Kier molecular flexibility index (Phi) is 6.64. The van der Waals surface area contributed by atoms with E-state index < -0.39 is 5.97 Å². The Morgan fingerprint density at radius 3 is 2.50 bits per heavy atom. The summed E-state index contributed by atoms with van der Waals surface area (Å²) in [5, 5.41) is 3.20. The molecule has 0 bridgehead atoms. The number of ether oxygens (including phenoxy) is 2. The number of carbonyl (C=O) groups excluding carboxylic acids is 2. The molecular formula is C20H22ClNO4. The molecule has 2 aromatic rings. The van der Waals surface area contributed by atoms with E-state index in [2.05, 4.69) is 5.32 Å². The highest BCUT2D eigenvalue weighted by atomic mass is 35.5. The topological polar surface area (TPSA) is 64.6 Å². The van der Waals surface area contributed by atoms with Gasteiger partial charge in [0.15, 0.2) is 6.61 Å². The Morgan fingerprint density at radius 1 is 1.12 bits per heavy atom. The van der Waals surface area contributed by atoms with Crippen LogP contribution in [0.4, 0.5) is 0 Å². The molecule has 0 saturated carbocycles. The van der Waals surface area contributed by atoms with Gasteiger partial charge in [-0.15, -0.1) is 0 Å². The van der Waals surface area contributed by atoms with Crippen molar-refractivity contribution in [2.24, 2.45) is 0 Å². The number of halogens is 1. The molecule has 6 heteroatoms. The molecule has 2 aromatic carbocycles. The highest BCUT2D eigenvalue weighted by Crippen LogP contribution is 2.23. The van der Waals surface area contributed by atoms with Crippen molar-refractivity contribution < 1.29 is 19.1 Å². The number of benzene rings is 2. The Morgan fingerprint density at radius 2 is 1.85 bits per heavy atom. The van der Waals surface area contributed by atoms with Gasteiger partial charge in [-0.05, 0) is 55.7 Å². The summed E-state index contributed by atoms with van der Waals surface area (Å²) in [6.45, 7) is 5.55. The molecule has 0 aliphatic heterocycles. The van der Waals surface area contributed by atoms with Gasteiger partial charge in [-0.1, -0.05) is 29.8 Å². The van der Waals surface area contributed by atoms with Crippen molar-refractivity contribution in [3.05, 3.63) is 63.7 Å². The predicted octanol–water partition coefficient (Wildman–Crippen LogP) is 4.00. The smallest absolute Gasteiger partial charge is 0.342 e. The maximum absolute atomic E-state index is 12.2. The Balaban J connectivity index is 1.95. The van der Waals surface area contributed by atoms with Crippen molar-refractivity contribution in [2.45, 2.75) is 26.8 Å². The average Bonchev–Trinajstić information content (AvgIpc) is 2.61. The first-order valence-corrected chi connectivity index (χ1v) is 8.56. The minimum Gasteiger partial charge on any atom is -0.496 e. The van der Waals surface area contributed by atoms with Crippen LogP contribution >= 0.6 is 11.6 Å².